The molecule has 1 aliphatic heterocycles. The number of likely N-dealkylation sites (tertiary alicyclic amines) is 1. The molecule has 1 saturated heterocycles. The molecule has 11 nitrogen and oxygen atoms in total. The van der Waals surface area contributed by atoms with Gasteiger partial charge in [0, 0.05) is 49.1 Å². The maximum atomic E-state index is 12.8. The highest BCUT2D eigenvalue weighted by Gasteiger charge is 2.26. The van der Waals surface area contributed by atoms with E-state index in [1.807, 2.05) is 54.6 Å². The molecule has 3 aromatic carbocycles. The maximum absolute atomic E-state index is 12.8. The van der Waals surface area contributed by atoms with Crippen molar-refractivity contribution in [2.24, 2.45) is 5.92 Å². The molecule has 4 aromatic rings. The fourth-order valence-corrected chi connectivity index (χ4v) is 7.70. The number of phenolic OH excluding ortho intramolecular Hbond substituents is 1. The number of fused-ring (bicyclic) bond motifs is 1. The number of hydrogen-bond acceptors (Lipinski definition) is 8. The van der Waals surface area contributed by atoms with Crippen molar-refractivity contribution >= 4 is 28.6 Å². The number of nitrogens with one attached hydrogen (secondary N) is 4. The number of aliphatic hydroxyl groups is 1. The van der Waals surface area contributed by atoms with Crippen LogP contribution >= 0.6 is 0 Å². The van der Waals surface area contributed by atoms with Gasteiger partial charge >= 0.3 is 6.09 Å². The van der Waals surface area contributed by atoms with Crippen LogP contribution in [0.1, 0.15) is 75.9 Å². The van der Waals surface area contributed by atoms with Crippen molar-refractivity contribution in [2.75, 3.05) is 38.0 Å². The molecule has 1 aromatic heterocycles. The molecular formula is C42H53N5O6. The number of unbranched alkanes of at least 4 members (excludes halogenated alkanes) is 1. The number of aromatic hydroxyl groups is 1. The number of aromatic amines is 1. The number of nitrogens with zero attached hydrogens (tertiary/aromatic N) is 1. The van der Waals surface area contributed by atoms with Crippen LogP contribution in [0, 0.1) is 5.92 Å². The van der Waals surface area contributed by atoms with Crippen molar-refractivity contribution in [1.29, 1.82) is 0 Å². The van der Waals surface area contributed by atoms with Crippen molar-refractivity contribution < 1.29 is 24.5 Å². The molecule has 0 unspecified atom stereocenters. The summed E-state index contributed by atoms with van der Waals surface area (Å²) >= 11 is 0. The van der Waals surface area contributed by atoms with Crippen LogP contribution < -0.4 is 21.5 Å². The Labute approximate surface area is 311 Å². The highest BCUT2D eigenvalue weighted by Crippen LogP contribution is 2.30. The molecule has 2 aliphatic rings. The van der Waals surface area contributed by atoms with E-state index in [1.54, 1.807) is 12.1 Å². The number of ether oxygens (including phenoxy) is 1. The minimum absolute atomic E-state index is 0.0331. The maximum Gasteiger partial charge on any atom is 0.411 e. The Hall–Kier alpha value is -4.71. The van der Waals surface area contributed by atoms with Crippen molar-refractivity contribution in [3.8, 4) is 16.9 Å². The summed E-state index contributed by atoms with van der Waals surface area (Å²) < 4.78 is 5.82. The number of benzene rings is 3. The Balaban J connectivity index is 0.798. The molecule has 0 radical (unpaired) electrons. The third-order valence-electron chi connectivity index (χ3n) is 10.7. The Kier molecular flexibility index (Phi) is 13.5. The van der Waals surface area contributed by atoms with E-state index >= 15 is 0 Å². The van der Waals surface area contributed by atoms with Gasteiger partial charge in [-0.05, 0) is 106 Å². The molecule has 53 heavy (non-hydrogen) atoms. The molecule has 1 saturated carbocycles. The average molecular weight is 724 g/mol. The molecule has 0 bridgehead atoms. The molecule has 2 fully saturated rings. The van der Waals surface area contributed by atoms with Crippen LogP contribution in [-0.2, 0) is 9.53 Å². The van der Waals surface area contributed by atoms with E-state index < -0.39 is 12.2 Å². The number of amides is 2. The number of anilines is 1. The fourth-order valence-electron chi connectivity index (χ4n) is 7.70. The van der Waals surface area contributed by atoms with Gasteiger partial charge in [0.15, 0.2) is 0 Å². The van der Waals surface area contributed by atoms with Crippen LogP contribution in [0.25, 0.3) is 22.0 Å². The predicted octanol–water partition coefficient (Wildman–Crippen LogP) is 6.47. The standard InChI is InChI=1S/C42H53N5O6/c48-37-19-17-34(35-18-20-40(51)46-41(35)37)38(49)28-43-24-7-6-12-39(50)44-31-15-13-29(14-16-31)21-25-47-26-22-32(23-27-47)53-42(52)45-36-11-5-4-10-33(36)30-8-2-1-3-9-30/h1-5,8-11,17-20,29,31-32,38,43,48-49H,6-7,12-16,21-28H2,(H,44,50)(H,45,52)(H,46,51)/t29?,31?,38-/m1/s1. The van der Waals surface area contributed by atoms with Crippen molar-refractivity contribution in [3.63, 3.8) is 0 Å². The predicted molar refractivity (Wildman–Crippen MR) is 208 cm³/mol. The van der Waals surface area contributed by atoms with Crippen LogP contribution in [0.5, 0.6) is 5.75 Å². The van der Waals surface area contributed by atoms with Gasteiger partial charge in [-0.15, -0.1) is 0 Å². The number of aliphatic hydroxyl groups excluding tert-OH is 1. The number of piperidine rings is 1. The summed E-state index contributed by atoms with van der Waals surface area (Å²) in [6.07, 6.45) is 7.94. The van der Waals surface area contributed by atoms with E-state index in [4.69, 9.17) is 4.74 Å². The van der Waals surface area contributed by atoms with Gasteiger partial charge in [0.2, 0.25) is 11.5 Å². The highest BCUT2D eigenvalue weighted by atomic mass is 16.6. The molecular weight excluding hydrogens is 670 g/mol. The van der Waals surface area contributed by atoms with E-state index in [9.17, 15) is 24.6 Å². The number of aromatic nitrogens is 1. The molecule has 1 aliphatic carbocycles. The average Bonchev–Trinajstić information content (AvgIpc) is 3.17. The Morgan fingerprint density at radius 1 is 0.887 bits per heavy atom. The summed E-state index contributed by atoms with van der Waals surface area (Å²) in [4.78, 5) is 42.2. The number of para-hydroxylation sites is 1. The second-order valence-corrected chi connectivity index (χ2v) is 14.5. The van der Waals surface area contributed by atoms with Crippen molar-refractivity contribution in [2.45, 2.75) is 82.5 Å². The minimum Gasteiger partial charge on any atom is -0.506 e. The molecule has 282 valence electrons. The summed E-state index contributed by atoms with van der Waals surface area (Å²) in [7, 11) is 0. The lowest BCUT2D eigenvalue weighted by atomic mass is 9.84. The number of hydrogen-bond donors (Lipinski definition) is 6. The van der Waals surface area contributed by atoms with E-state index in [0.29, 0.717) is 41.9 Å². The van der Waals surface area contributed by atoms with Gasteiger partial charge in [0.25, 0.3) is 0 Å². The first kappa shape index (κ1) is 38.0. The minimum atomic E-state index is -0.802. The van der Waals surface area contributed by atoms with E-state index in [0.717, 1.165) is 94.2 Å². The summed E-state index contributed by atoms with van der Waals surface area (Å²) in [6.45, 7) is 3.91. The van der Waals surface area contributed by atoms with E-state index in [1.165, 1.54) is 12.1 Å². The lowest BCUT2D eigenvalue weighted by Gasteiger charge is -2.34. The molecule has 6 N–H and O–H groups in total. The SMILES string of the molecule is O=C(CCCCNC[C@@H](O)c1ccc(O)c2[nH]c(=O)ccc12)NC1CCC(CCN2CCC(OC(=O)Nc3ccccc3-c3ccccc3)CC2)CC1. The van der Waals surface area contributed by atoms with Gasteiger partial charge in [0.1, 0.15) is 11.9 Å². The monoisotopic (exact) mass is 723 g/mol. The molecule has 2 heterocycles. The highest BCUT2D eigenvalue weighted by molar-refractivity contribution is 5.91. The normalized spacial score (nSPS) is 18.7. The van der Waals surface area contributed by atoms with Crippen molar-refractivity contribution in [1.82, 2.24) is 20.5 Å². The first-order valence-corrected chi connectivity index (χ1v) is 19.2. The van der Waals surface area contributed by atoms with Gasteiger partial charge in [-0.2, -0.15) is 0 Å². The van der Waals surface area contributed by atoms with Gasteiger partial charge in [-0.1, -0.05) is 54.6 Å². The van der Waals surface area contributed by atoms with Gasteiger partial charge in [0.05, 0.1) is 17.3 Å². The zero-order valence-corrected chi connectivity index (χ0v) is 30.4. The Bertz CT molecular complexity index is 1850. The van der Waals surface area contributed by atoms with Crippen LogP contribution in [0.3, 0.4) is 0 Å². The zero-order valence-electron chi connectivity index (χ0n) is 30.4. The second kappa shape index (κ2) is 18.9. The van der Waals surface area contributed by atoms with Gasteiger partial charge < -0.3 is 35.5 Å². The lowest BCUT2D eigenvalue weighted by molar-refractivity contribution is -0.122. The molecule has 6 rings (SSSR count). The number of H-pyrrole nitrogens is 1. The lowest BCUT2D eigenvalue weighted by Crippen LogP contribution is -2.40. The van der Waals surface area contributed by atoms with Crippen molar-refractivity contribution in [3.05, 3.63) is 94.8 Å². The summed E-state index contributed by atoms with van der Waals surface area (Å²) in [5.74, 6) is 0.752. The topological polar surface area (TPSA) is 156 Å². The Morgan fingerprint density at radius 3 is 2.43 bits per heavy atom. The number of carbonyl (C=O) groups is 2. The third-order valence-corrected chi connectivity index (χ3v) is 10.7. The molecule has 1 atom stereocenters. The quantitative estimate of drug-likeness (QED) is 0.0763. The van der Waals surface area contributed by atoms with E-state index in [-0.39, 0.29) is 29.4 Å². The van der Waals surface area contributed by atoms with Gasteiger partial charge in [-0.25, -0.2) is 4.79 Å². The fraction of sp³-hybridized carbons (Fsp3) is 0.452. The van der Waals surface area contributed by atoms with Crippen LogP contribution in [0.4, 0.5) is 10.5 Å². The number of carbonyl (C=O) groups excluding carboxylic acids is 2. The summed E-state index contributed by atoms with van der Waals surface area (Å²) in [5.41, 5.74) is 3.40. The molecule has 0 spiro atoms. The third kappa shape index (κ3) is 10.9. The summed E-state index contributed by atoms with van der Waals surface area (Å²) in [5, 5.41) is 30.8. The number of phenols is 1. The Morgan fingerprint density at radius 2 is 1.64 bits per heavy atom. The second-order valence-electron chi connectivity index (χ2n) is 14.5. The smallest absolute Gasteiger partial charge is 0.411 e. The number of rotatable bonds is 15. The van der Waals surface area contributed by atoms with Crippen LogP contribution in [-0.4, -0.2) is 77.0 Å². The van der Waals surface area contributed by atoms with E-state index in [2.05, 4.69) is 25.8 Å². The van der Waals surface area contributed by atoms with Crippen LogP contribution in [0.2, 0.25) is 0 Å². The number of pyridine rings is 1. The largest absolute Gasteiger partial charge is 0.506 e. The summed E-state index contributed by atoms with van der Waals surface area (Å²) in [6, 6.07) is 24.2. The molecule has 11 heteroatoms. The zero-order chi connectivity index (χ0) is 37.0. The molecule has 2 amide bonds. The first-order valence-electron chi connectivity index (χ1n) is 19.2. The first-order chi connectivity index (χ1) is 25.8. The van der Waals surface area contributed by atoms with Crippen LogP contribution in [0.15, 0.2) is 83.7 Å². The van der Waals surface area contributed by atoms with Gasteiger partial charge in [-0.3, -0.25) is 14.9 Å².